The molecule has 9 nitrogen and oxygen atoms in total. The summed E-state index contributed by atoms with van der Waals surface area (Å²) in [5, 5.41) is 9.34. The van der Waals surface area contributed by atoms with E-state index in [9.17, 15) is 10.1 Å². The molecule has 4 aromatic rings. The van der Waals surface area contributed by atoms with Crippen LogP contribution in [0.1, 0.15) is 18.4 Å². The molecule has 4 heterocycles. The van der Waals surface area contributed by atoms with Crippen LogP contribution in [0.15, 0.2) is 55.0 Å². The van der Waals surface area contributed by atoms with Gasteiger partial charge in [-0.15, -0.1) is 0 Å². The zero-order chi connectivity index (χ0) is 26.4. The van der Waals surface area contributed by atoms with E-state index in [0.29, 0.717) is 17.4 Å². The third-order valence-corrected chi connectivity index (χ3v) is 7.65. The van der Waals surface area contributed by atoms with Gasteiger partial charge in [0.1, 0.15) is 11.3 Å². The summed E-state index contributed by atoms with van der Waals surface area (Å²) < 4.78 is 7.89. The zero-order valence-electron chi connectivity index (χ0n) is 21.8. The van der Waals surface area contributed by atoms with Crippen molar-refractivity contribution in [1.29, 1.82) is 5.26 Å². The Balaban J connectivity index is 1.53. The number of fused-ring (bicyclic) bond motifs is 2. The SMILES string of the molecule is CN1C(=O)COc2cc(-c3c(-c4ccc(C#N)cc4)nc(N4CCC(N(C)C)CC4)c4cncn34)ccc21. The number of imidazole rings is 1. The Bertz CT molecular complexity index is 1560. The predicted molar refractivity (Wildman–Crippen MR) is 146 cm³/mol. The molecule has 2 aliphatic rings. The normalized spacial score (nSPS) is 16.0. The van der Waals surface area contributed by atoms with E-state index in [1.54, 1.807) is 11.9 Å². The van der Waals surface area contributed by atoms with E-state index < -0.39 is 0 Å². The molecule has 0 spiro atoms. The van der Waals surface area contributed by atoms with Crippen LogP contribution in [0.2, 0.25) is 0 Å². The Morgan fingerprint density at radius 1 is 1.08 bits per heavy atom. The molecule has 0 radical (unpaired) electrons. The van der Waals surface area contributed by atoms with Gasteiger partial charge in [-0.2, -0.15) is 5.26 Å². The Morgan fingerprint density at radius 3 is 2.53 bits per heavy atom. The van der Waals surface area contributed by atoms with Crippen LogP contribution in [-0.4, -0.2) is 72.1 Å². The van der Waals surface area contributed by atoms with E-state index in [1.165, 1.54) is 0 Å². The summed E-state index contributed by atoms with van der Waals surface area (Å²) in [5.41, 5.74) is 5.75. The first-order valence-electron chi connectivity index (χ1n) is 12.8. The first-order valence-corrected chi connectivity index (χ1v) is 12.8. The second-order valence-electron chi connectivity index (χ2n) is 10.1. The van der Waals surface area contributed by atoms with Crippen molar-refractivity contribution in [2.75, 3.05) is 50.6 Å². The molecule has 0 aliphatic carbocycles. The number of anilines is 2. The van der Waals surface area contributed by atoms with Crippen LogP contribution < -0.4 is 14.5 Å². The number of likely N-dealkylation sites (N-methyl/N-ethyl adjacent to an activating group) is 1. The largest absolute Gasteiger partial charge is 0.482 e. The van der Waals surface area contributed by atoms with Crippen LogP contribution in [0.4, 0.5) is 11.5 Å². The van der Waals surface area contributed by atoms with Crippen molar-refractivity contribution in [3.05, 3.63) is 60.6 Å². The first-order chi connectivity index (χ1) is 18.4. The highest BCUT2D eigenvalue weighted by molar-refractivity contribution is 5.98. The van der Waals surface area contributed by atoms with Gasteiger partial charge in [0.15, 0.2) is 12.4 Å². The number of hydrogen-bond acceptors (Lipinski definition) is 7. The molecule has 0 N–H and O–H groups in total. The minimum absolute atomic E-state index is 0.00993. The smallest absolute Gasteiger partial charge is 0.264 e. The fourth-order valence-electron chi connectivity index (χ4n) is 5.40. The average Bonchev–Trinajstić information content (AvgIpc) is 3.44. The maximum Gasteiger partial charge on any atom is 0.264 e. The van der Waals surface area contributed by atoms with Crippen molar-refractivity contribution in [2.45, 2.75) is 18.9 Å². The number of aromatic nitrogens is 3. The van der Waals surface area contributed by atoms with E-state index >= 15 is 0 Å². The van der Waals surface area contributed by atoms with Gasteiger partial charge in [-0.1, -0.05) is 18.2 Å². The number of carbonyl (C=O) groups is 1. The Kier molecular flexibility index (Phi) is 5.97. The average molecular weight is 508 g/mol. The van der Waals surface area contributed by atoms with Crippen molar-refractivity contribution in [3.63, 3.8) is 0 Å². The Labute approximate surface area is 221 Å². The first kappa shape index (κ1) is 23.9. The lowest BCUT2D eigenvalue weighted by Crippen LogP contribution is -2.42. The van der Waals surface area contributed by atoms with Crippen molar-refractivity contribution in [3.8, 4) is 34.3 Å². The molecule has 1 fully saturated rings. The third kappa shape index (κ3) is 4.03. The summed E-state index contributed by atoms with van der Waals surface area (Å²) in [6.07, 6.45) is 5.83. The topological polar surface area (TPSA) is 90.0 Å². The molecule has 9 heteroatoms. The predicted octanol–water partition coefficient (Wildman–Crippen LogP) is 3.82. The molecule has 192 valence electrons. The van der Waals surface area contributed by atoms with Gasteiger partial charge in [0.2, 0.25) is 0 Å². The van der Waals surface area contributed by atoms with Crippen LogP contribution in [0, 0.1) is 11.3 Å². The summed E-state index contributed by atoms with van der Waals surface area (Å²) in [7, 11) is 6.04. The van der Waals surface area contributed by atoms with Crippen LogP contribution in [0.25, 0.3) is 28.0 Å². The van der Waals surface area contributed by atoms with Crippen molar-refractivity contribution < 1.29 is 9.53 Å². The number of hydrogen-bond donors (Lipinski definition) is 0. The highest BCUT2D eigenvalue weighted by atomic mass is 16.5. The summed E-state index contributed by atoms with van der Waals surface area (Å²) in [5.74, 6) is 1.48. The number of benzene rings is 2. The molecule has 0 bridgehead atoms. The molecule has 1 amide bonds. The summed E-state index contributed by atoms with van der Waals surface area (Å²) in [4.78, 5) is 28.2. The number of nitrogens with zero attached hydrogens (tertiary/aromatic N) is 7. The van der Waals surface area contributed by atoms with Gasteiger partial charge in [-0.05, 0) is 51.2 Å². The summed E-state index contributed by atoms with van der Waals surface area (Å²) in [6, 6.07) is 16.1. The van der Waals surface area contributed by atoms with E-state index in [0.717, 1.165) is 65.5 Å². The molecule has 2 aliphatic heterocycles. The van der Waals surface area contributed by atoms with E-state index in [4.69, 9.17) is 9.72 Å². The molecule has 0 saturated carbocycles. The molecule has 2 aromatic carbocycles. The molecular weight excluding hydrogens is 478 g/mol. The third-order valence-electron chi connectivity index (χ3n) is 7.65. The number of rotatable bonds is 4. The standard InChI is InChI=1S/C29H29N7O2/c1-33(2)22-10-12-35(13-11-22)29-24-16-31-18-36(24)28(27(32-29)20-6-4-19(15-30)5-7-20)21-8-9-23-25(14-21)38-17-26(37)34(23)3/h4-9,14,16,18,22H,10-13,17H2,1-3H3. The lowest BCUT2D eigenvalue weighted by molar-refractivity contribution is -0.120. The van der Waals surface area contributed by atoms with Gasteiger partial charge in [-0.25, -0.2) is 9.97 Å². The fourth-order valence-corrected chi connectivity index (χ4v) is 5.40. The van der Waals surface area contributed by atoms with Crippen LogP contribution in [0.5, 0.6) is 5.75 Å². The highest BCUT2D eigenvalue weighted by Gasteiger charge is 2.27. The Hall–Kier alpha value is -4.42. The van der Waals surface area contributed by atoms with Gasteiger partial charge >= 0.3 is 0 Å². The van der Waals surface area contributed by atoms with E-state index in [2.05, 4.69) is 39.3 Å². The summed E-state index contributed by atoms with van der Waals surface area (Å²) in [6.45, 7) is 1.84. The number of nitriles is 1. The molecule has 2 aromatic heterocycles. The maximum absolute atomic E-state index is 12.1. The molecule has 0 atom stereocenters. The number of carbonyl (C=O) groups excluding carboxylic acids is 1. The van der Waals surface area contributed by atoms with Crippen LogP contribution >= 0.6 is 0 Å². The highest BCUT2D eigenvalue weighted by Crippen LogP contribution is 2.40. The minimum atomic E-state index is -0.0791. The maximum atomic E-state index is 12.1. The second kappa shape index (κ2) is 9.47. The van der Waals surface area contributed by atoms with Gasteiger partial charge < -0.3 is 19.4 Å². The lowest BCUT2D eigenvalue weighted by Gasteiger charge is -2.36. The van der Waals surface area contributed by atoms with E-state index in [1.807, 2.05) is 55.0 Å². The second-order valence-corrected chi connectivity index (χ2v) is 10.1. The number of piperidine rings is 1. The van der Waals surface area contributed by atoms with Gasteiger partial charge in [-0.3, -0.25) is 9.20 Å². The van der Waals surface area contributed by atoms with Gasteiger partial charge in [0.25, 0.3) is 5.91 Å². The molecule has 38 heavy (non-hydrogen) atoms. The number of ether oxygens (including phenoxy) is 1. The van der Waals surface area contributed by atoms with Crippen molar-refractivity contribution in [1.82, 2.24) is 19.3 Å². The monoisotopic (exact) mass is 507 g/mol. The van der Waals surface area contributed by atoms with Gasteiger partial charge in [0, 0.05) is 37.3 Å². The van der Waals surface area contributed by atoms with Crippen molar-refractivity contribution >= 4 is 22.9 Å². The van der Waals surface area contributed by atoms with Crippen molar-refractivity contribution in [2.24, 2.45) is 0 Å². The molecule has 1 saturated heterocycles. The molecule has 0 unspecified atom stereocenters. The molecule has 6 rings (SSSR count). The Morgan fingerprint density at radius 2 is 1.82 bits per heavy atom. The lowest BCUT2D eigenvalue weighted by atomic mass is 10.0. The van der Waals surface area contributed by atoms with Crippen LogP contribution in [-0.2, 0) is 4.79 Å². The van der Waals surface area contributed by atoms with Gasteiger partial charge in [0.05, 0.1) is 41.2 Å². The molecular formula is C29H29N7O2. The van der Waals surface area contributed by atoms with E-state index in [-0.39, 0.29) is 12.5 Å². The number of amides is 1. The quantitative estimate of drug-likeness (QED) is 0.415. The fraction of sp³-hybridized carbons (Fsp3) is 0.310. The van der Waals surface area contributed by atoms with Crippen LogP contribution in [0.3, 0.4) is 0 Å². The summed E-state index contributed by atoms with van der Waals surface area (Å²) >= 11 is 0. The zero-order valence-corrected chi connectivity index (χ0v) is 21.8. The minimum Gasteiger partial charge on any atom is -0.482 e.